The minimum atomic E-state index is -0.105. The summed E-state index contributed by atoms with van der Waals surface area (Å²) in [7, 11) is 1.59. The Morgan fingerprint density at radius 3 is 2.56 bits per heavy atom. The molecule has 1 rings (SSSR count). The smallest absolute Gasteiger partial charge is 0.251 e. The molecule has 0 aliphatic heterocycles. The summed E-state index contributed by atoms with van der Waals surface area (Å²) in [5.74, 6) is 0.633. The summed E-state index contributed by atoms with van der Waals surface area (Å²) < 4.78 is 5.01. The third-order valence-electron chi connectivity index (χ3n) is 2.40. The zero-order chi connectivity index (χ0) is 12.0. The van der Waals surface area contributed by atoms with Crippen molar-refractivity contribution in [1.82, 2.24) is 5.32 Å². The van der Waals surface area contributed by atoms with Crippen LogP contribution in [0.1, 0.15) is 23.7 Å². The third kappa shape index (κ3) is 3.55. The third-order valence-corrected chi connectivity index (χ3v) is 2.40. The van der Waals surface area contributed by atoms with Crippen molar-refractivity contribution < 1.29 is 9.53 Å². The standard InChI is InChI=1S/C12H18N2O2/c1-3-10(13)8-14-12(15)9-4-6-11(16-2)7-5-9/h4-7,10H,3,8,13H2,1-2H3,(H,14,15). The fourth-order valence-electron chi connectivity index (χ4n) is 1.21. The van der Waals surface area contributed by atoms with Gasteiger partial charge < -0.3 is 15.8 Å². The molecule has 4 heteroatoms. The Hall–Kier alpha value is -1.55. The zero-order valence-corrected chi connectivity index (χ0v) is 9.69. The molecule has 0 radical (unpaired) electrons. The summed E-state index contributed by atoms with van der Waals surface area (Å²) in [6.07, 6.45) is 0.850. The van der Waals surface area contributed by atoms with Gasteiger partial charge in [0.05, 0.1) is 7.11 Å². The van der Waals surface area contributed by atoms with E-state index >= 15 is 0 Å². The Kier molecular flexibility index (Phi) is 4.79. The number of benzene rings is 1. The van der Waals surface area contributed by atoms with E-state index in [0.717, 1.165) is 12.2 Å². The summed E-state index contributed by atoms with van der Waals surface area (Å²) in [6.45, 7) is 2.49. The van der Waals surface area contributed by atoms with Gasteiger partial charge in [0, 0.05) is 18.2 Å². The van der Waals surface area contributed by atoms with Gasteiger partial charge >= 0.3 is 0 Å². The van der Waals surface area contributed by atoms with Crippen LogP contribution in [-0.2, 0) is 0 Å². The van der Waals surface area contributed by atoms with E-state index in [1.54, 1.807) is 31.4 Å². The first-order valence-electron chi connectivity index (χ1n) is 5.35. The van der Waals surface area contributed by atoms with E-state index in [4.69, 9.17) is 10.5 Å². The number of hydrogen-bond acceptors (Lipinski definition) is 3. The second-order valence-electron chi connectivity index (χ2n) is 3.61. The number of nitrogens with two attached hydrogens (primary N) is 1. The molecule has 0 fully saturated rings. The van der Waals surface area contributed by atoms with Crippen LogP contribution in [0.4, 0.5) is 0 Å². The Morgan fingerprint density at radius 1 is 1.44 bits per heavy atom. The maximum Gasteiger partial charge on any atom is 0.251 e. The zero-order valence-electron chi connectivity index (χ0n) is 9.69. The lowest BCUT2D eigenvalue weighted by Gasteiger charge is -2.10. The molecule has 1 amide bonds. The van der Waals surface area contributed by atoms with Crippen molar-refractivity contribution in [2.75, 3.05) is 13.7 Å². The van der Waals surface area contributed by atoms with E-state index < -0.39 is 0 Å². The highest BCUT2D eigenvalue weighted by atomic mass is 16.5. The van der Waals surface area contributed by atoms with Gasteiger partial charge in [-0.05, 0) is 30.7 Å². The molecule has 0 saturated carbocycles. The summed E-state index contributed by atoms with van der Waals surface area (Å²) in [5.41, 5.74) is 6.33. The number of ether oxygens (including phenoxy) is 1. The van der Waals surface area contributed by atoms with Gasteiger partial charge in [-0.3, -0.25) is 4.79 Å². The molecule has 0 aliphatic carbocycles. The molecule has 0 bridgehead atoms. The van der Waals surface area contributed by atoms with Crippen molar-refractivity contribution in [2.24, 2.45) is 5.73 Å². The molecule has 16 heavy (non-hydrogen) atoms. The van der Waals surface area contributed by atoms with Crippen LogP contribution < -0.4 is 15.8 Å². The van der Waals surface area contributed by atoms with Gasteiger partial charge in [0.15, 0.2) is 0 Å². The van der Waals surface area contributed by atoms with Crippen LogP contribution >= 0.6 is 0 Å². The number of methoxy groups -OCH3 is 1. The van der Waals surface area contributed by atoms with Crippen LogP contribution in [0.25, 0.3) is 0 Å². The van der Waals surface area contributed by atoms with Crippen LogP contribution in [-0.4, -0.2) is 25.6 Å². The summed E-state index contributed by atoms with van der Waals surface area (Å²) in [5, 5.41) is 2.78. The molecule has 3 N–H and O–H groups in total. The first-order valence-corrected chi connectivity index (χ1v) is 5.35. The lowest BCUT2D eigenvalue weighted by atomic mass is 10.2. The van der Waals surface area contributed by atoms with Crippen molar-refractivity contribution in [2.45, 2.75) is 19.4 Å². The minimum Gasteiger partial charge on any atom is -0.497 e. The van der Waals surface area contributed by atoms with Gasteiger partial charge in [-0.15, -0.1) is 0 Å². The molecule has 0 heterocycles. The van der Waals surface area contributed by atoms with Crippen LogP contribution in [0.15, 0.2) is 24.3 Å². The van der Waals surface area contributed by atoms with Gasteiger partial charge in [0.1, 0.15) is 5.75 Å². The van der Waals surface area contributed by atoms with E-state index in [1.807, 2.05) is 6.92 Å². The number of hydrogen-bond donors (Lipinski definition) is 2. The van der Waals surface area contributed by atoms with Crippen LogP contribution in [0.3, 0.4) is 0 Å². The maximum atomic E-state index is 11.7. The SMILES string of the molecule is CCC(N)CNC(=O)c1ccc(OC)cc1. The maximum absolute atomic E-state index is 11.7. The molecule has 1 atom stereocenters. The van der Waals surface area contributed by atoms with Gasteiger partial charge in [-0.2, -0.15) is 0 Å². The van der Waals surface area contributed by atoms with Crippen molar-refractivity contribution in [3.63, 3.8) is 0 Å². The highest BCUT2D eigenvalue weighted by molar-refractivity contribution is 5.94. The van der Waals surface area contributed by atoms with Gasteiger partial charge in [0.25, 0.3) is 5.91 Å². The van der Waals surface area contributed by atoms with Crippen molar-refractivity contribution in [3.05, 3.63) is 29.8 Å². The molecule has 1 aromatic carbocycles. The topological polar surface area (TPSA) is 64.3 Å². The first kappa shape index (κ1) is 12.5. The first-order chi connectivity index (χ1) is 7.67. The van der Waals surface area contributed by atoms with Gasteiger partial charge in [0.2, 0.25) is 0 Å². The minimum absolute atomic E-state index is 0.0159. The van der Waals surface area contributed by atoms with E-state index in [2.05, 4.69) is 5.32 Å². The van der Waals surface area contributed by atoms with E-state index in [-0.39, 0.29) is 11.9 Å². The molecular formula is C12H18N2O2. The molecule has 1 aromatic rings. The molecule has 0 aliphatic rings. The number of nitrogens with one attached hydrogen (secondary N) is 1. The summed E-state index contributed by atoms with van der Waals surface area (Å²) in [6, 6.07) is 6.99. The fourth-order valence-corrected chi connectivity index (χ4v) is 1.21. The molecule has 1 unspecified atom stereocenters. The average Bonchev–Trinajstić information content (AvgIpc) is 2.35. The normalized spacial score (nSPS) is 11.9. The number of carbonyl (C=O) groups is 1. The summed E-state index contributed by atoms with van der Waals surface area (Å²) >= 11 is 0. The molecule has 4 nitrogen and oxygen atoms in total. The second-order valence-corrected chi connectivity index (χ2v) is 3.61. The molecule has 0 spiro atoms. The fraction of sp³-hybridized carbons (Fsp3) is 0.417. The van der Waals surface area contributed by atoms with Gasteiger partial charge in [-0.25, -0.2) is 0 Å². The summed E-state index contributed by atoms with van der Waals surface area (Å²) in [4.78, 5) is 11.7. The van der Waals surface area contributed by atoms with Gasteiger partial charge in [-0.1, -0.05) is 6.92 Å². The van der Waals surface area contributed by atoms with Crippen molar-refractivity contribution in [1.29, 1.82) is 0 Å². The highest BCUT2D eigenvalue weighted by Crippen LogP contribution is 2.10. The van der Waals surface area contributed by atoms with E-state index in [0.29, 0.717) is 12.1 Å². The van der Waals surface area contributed by atoms with E-state index in [9.17, 15) is 4.79 Å². The molecular weight excluding hydrogens is 204 g/mol. The number of amides is 1. The van der Waals surface area contributed by atoms with Crippen LogP contribution in [0, 0.1) is 0 Å². The Balaban J connectivity index is 2.52. The molecule has 88 valence electrons. The Bertz CT molecular complexity index is 335. The lowest BCUT2D eigenvalue weighted by Crippen LogP contribution is -2.36. The largest absolute Gasteiger partial charge is 0.497 e. The lowest BCUT2D eigenvalue weighted by molar-refractivity contribution is 0.0951. The predicted molar refractivity (Wildman–Crippen MR) is 63.6 cm³/mol. The average molecular weight is 222 g/mol. The van der Waals surface area contributed by atoms with Crippen LogP contribution in [0.2, 0.25) is 0 Å². The van der Waals surface area contributed by atoms with Crippen molar-refractivity contribution in [3.8, 4) is 5.75 Å². The Labute approximate surface area is 95.8 Å². The number of rotatable bonds is 5. The Morgan fingerprint density at radius 2 is 2.06 bits per heavy atom. The van der Waals surface area contributed by atoms with Crippen molar-refractivity contribution >= 4 is 5.91 Å². The van der Waals surface area contributed by atoms with E-state index in [1.165, 1.54) is 0 Å². The molecule has 0 aromatic heterocycles. The predicted octanol–water partition coefficient (Wildman–Crippen LogP) is 1.16. The quantitative estimate of drug-likeness (QED) is 0.785. The monoisotopic (exact) mass is 222 g/mol. The molecule has 0 saturated heterocycles. The second kappa shape index (κ2) is 6.12. The number of carbonyl (C=O) groups excluding carboxylic acids is 1. The highest BCUT2D eigenvalue weighted by Gasteiger charge is 2.06. The van der Waals surface area contributed by atoms with Crippen LogP contribution in [0.5, 0.6) is 5.75 Å².